The Morgan fingerprint density at radius 3 is 2.71 bits per heavy atom. The van der Waals surface area contributed by atoms with Gasteiger partial charge in [-0.25, -0.2) is 0 Å². The summed E-state index contributed by atoms with van der Waals surface area (Å²) in [5, 5.41) is 5.40. The lowest BCUT2D eigenvalue weighted by molar-refractivity contribution is 0.469. The molecule has 0 aliphatic rings. The molecule has 0 saturated heterocycles. The summed E-state index contributed by atoms with van der Waals surface area (Å²) >= 11 is 6.13. The zero-order valence-corrected chi connectivity index (χ0v) is 12.7. The quantitative estimate of drug-likeness (QED) is 0.702. The summed E-state index contributed by atoms with van der Waals surface area (Å²) < 4.78 is 6.02. The third-order valence-corrected chi connectivity index (χ3v) is 3.74. The Labute approximate surface area is 129 Å². The molecule has 3 rings (SSSR count). The van der Waals surface area contributed by atoms with Gasteiger partial charge in [-0.3, -0.25) is 0 Å². The van der Waals surface area contributed by atoms with Gasteiger partial charge in [0.25, 0.3) is 0 Å². The van der Waals surface area contributed by atoms with Crippen molar-refractivity contribution >= 4 is 22.6 Å². The second kappa shape index (κ2) is 6.33. The molecule has 0 radical (unpaired) electrons. The minimum Gasteiger partial charge on any atom is -0.459 e. The first kappa shape index (κ1) is 14.2. The van der Waals surface area contributed by atoms with E-state index in [1.54, 1.807) is 0 Å². The fourth-order valence-electron chi connectivity index (χ4n) is 2.50. The number of para-hydroxylation sites is 1. The van der Waals surface area contributed by atoms with Crippen LogP contribution in [0.3, 0.4) is 0 Å². The molecule has 0 bridgehead atoms. The lowest BCUT2D eigenvalue weighted by Gasteiger charge is -2.17. The van der Waals surface area contributed by atoms with Gasteiger partial charge in [0.15, 0.2) is 0 Å². The Morgan fingerprint density at radius 1 is 1.10 bits per heavy atom. The lowest BCUT2D eigenvalue weighted by atomic mass is 10.0. The maximum atomic E-state index is 6.13. The molecule has 0 aliphatic carbocycles. The summed E-state index contributed by atoms with van der Waals surface area (Å²) in [4.78, 5) is 0. The summed E-state index contributed by atoms with van der Waals surface area (Å²) in [7, 11) is 0. The van der Waals surface area contributed by atoms with Crippen LogP contribution in [0.25, 0.3) is 11.0 Å². The highest BCUT2D eigenvalue weighted by Crippen LogP contribution is 2.29. The fraction of sp³-hybridized carbons (Fsp3) is 0.222. The monoisotopic (exact) mass is 299 g/mol. The van der Waals surface area contributed by atoms with E-state index in [2.05, 4.69) is 30.4 Å². The second-order valence-electron chi connectivity index (χ2n) is 5.13. The van der Waals surface area contributed by atoms with Crippen molar-refractivity contribution in [1.82, 2.24) is 5.32 Å². The van der Waals surface area contributed by atoms with E-state index in [0.29, 0.717) is 0 Å². The summed E-state index contributed by atoms with van der Waals surface area (Å²) in [5.74, 6) is 0.923. The predicted octanol–water partition coefficient (Wildman–Crippen LogP) is 5.18. The Morgan fingerprint density at radius 2 is 1.95 bits per heavy atom. The molecule has 1 aromatic heterocycles. The molecule has 1 N–H and O–H groups in total. The summed E-state index contributed by atoms with van der Waals surface area (Å²) in [5.41, 5.74) is 2.04. The molecule has 3 heteroatoms. The fourth-order valence-corrected chi connectivity index (χ4v) is 2.70. The van der Waals surface area contributed by atoms with Gasteiger partial charge in [0, 0.05) is 10.4 Å². The number of benzene rings is 2. The van der Waals surface area contributed by atoms with Crippen LogP contribution in [-0.2, 0) is 0 Å². The zero-order chi connectivity index (χ0) is 14.7. The van der Waals surface area contributed by atoms with Gasteiger partial charge in [-0.15, -0.1) is 0 Å². The van der Waals surface area contributed by atoms with E-state index >= 15 is 0 Å². The standard InChI is InChI=1S/C18H18ClNO/c1-2-10-20-18(14-7-5-8-15(19)11-14)17-12-13-6-3-4-9-16(13)21-17/h3-9,11-12,18,20H,2,10H2,1H3. The second-order valence-corrected chi connectivity index (χ2v) is 5.57. The average molecular weight is 300 g/mol. The molecule has 21 heavy (non-hydrogen) atoms. The number of hydrogen-bond donors (Lipinski definition) is 1. The van der Waals surface area contributed by atoms with Gasteiger partial charge in [0.1, 0.15) is 11.3 Å². The highest BCUT2D eigenvalue weighted by molar-refractivity contribution is 6.30. The normalized spacial score (nSPS) is 12.7. The van der Waals surface area contributed by atoms with Crippen molar-refractivity contribution in [2.75, 3.05) is 6.54 Å². The first-order chi connectivity index (χ1) is 10.3. The van der Waals surface area contributed by atoms with E-state index in [1.807, 2.05) is 36.4 Å². The Balaban J connectivity index is 2.02. The third kappa shape index (κ3) is 3.12. The van der Waals surface area contributed by atoms with Crippen LogP contribution in [0.2, 0.25) is 5.02 Å². The van der Waals surface area contributed by atoms with E-state index in [4.69, 9.17) is 16.0 Å². The highest BCUT2D eigenvalue weighted by Gasteiger charge is 2.18. The van der Waals surface area contributed by atoms with Gasteiger partial charge in [-0.2, -0.15) is 0 Å². The van der Waals surface area contributed by atoms with Crippen LogP contribution in [0.1, 0.15) is 30.7 Å². The number of halogens is 1. The van der Waals surface area contributed by atoms with Gasteiger partial charge in [0.2, 0.25) is 0 Å². The summed E-state index contributed by atoms with van der Waals surface area (Å²) in [6.45, 7) is 3.08. The smallest absolute Gasteiger partial charge is 0.134 e. The summed E-state index contributed by atoms with van der Waals surface area (Å²) in [6.07, 6.45) is 1.07. The SMILES string of the molecule is CCCNC(c1cccc(Cl)c1)c1cc2ccccc2o1. The van der Waals surface area contributed by atoms with Crippen molar-refractivity contribution in [2.45, 2.75) is 19.4 Å². The summed E-state index contributed by atoms with van der Waals surface area (Å²) in [6, 6.07) is 18.1. The Hall–Kier alpha value is -1.77. The van der Waals surface area contributed by atoms with Gasteiger partial charge in [-0.05, 0) is 42.8 Å². The van der Waals surface area contributed by atoms with Crippen molar-refractivity contribution in [1.29, 1.82) is 0 Å². The Bertz CT molecular complexity index is 702. The molecule has 0 amide bonds. The number of furan rings is 1. The number of nitrogens with one attached hydrogen (secondary N) is 1. The molecule has 3 aromatic rings. The van der Waals surface area contributed by atoms with E-state index in [9.17, 15) is 0 Å². The molecule has 0 fully saturated rings. The number of fused-ring (bicyclic) bond motifs is 1. The first-order valence-corrected chi connectivity index (χ1v) is 7.63. The van der Waals surface area contributed by atoms with E-state index in [0.717, 1.165) is 40.3 Å². The van der Waals surface area contributed by atoms with Crippen LogP contribution in [0.5, 0.6) is 0 Å². The van der Waals surface area contributed by atoms with Crippen molar-refractivity contribution < 1.29 is 4.42 Å². The first-order valence-electron chi connectivity index (χ1n) is 7.25. The van der Waals surface area contributed by atoms with Crippen LogP contribution in [-0.4, -0.2) is 6.54 Å². The van der Waals surface area contributed by atoms with Gasteiger partial charge in [-0.1, -0.05) is 48.9 Å². The molecule has 0 aliphatic heterocycles. The molecule has 2 nitrogen and oxygen atoms in total. The van der Waals surface area contributed by atoms with E-state index in [1.165, 1.54) is 0 Å². The lowest BCUT2D eigenvalue weighted by Crippen LogP contribution is -2.22. The van der Waals surface area contributed by atoms with E-state index in [-0.39, 0.29) is 6.04 Å². The highest BCUT2D eigenvalue weighted by atomic mass is 35.5. The Kier molecular flexibility index (Phi) is 4.28. The minimum absolute atomic E-state index is 0.0241. The molecular weight excluding hydrogens is 282 g/mol. The largest absolute Gasteiger partial charge is 0.459 e. The predicted molar refractivity (Wildman–Crippen MR) is 87.8 cm³/mol. The van der Waals surface area contributed by atoms with Crippen molar-refractivity contribution in [3.63, 3.8) is 0 Å². The van der Waals surface area contributed by atoms with Gasteiger partial charge in [0.05, 0.1) is 6.04 Å². The third-order valence-electron chi connectivity index (χ3n) is 3.51. The molecule has 2 aromatic carbocycles. The maximum Gasteiger partial charge on any atom is 0.134 e. The van der Waals surface area contributed by atoms with Crippen LogP contribution in [0, 0.1) is 0 Å². The van der Waals surface area contributed by atoms with Crippen molar-refractivity contribution in [2.24, 2.45) is 0 Å². The van der Waals surface area contributed by atoms with Crippen molar-refractivity contribution in [3.8, 4) is 0 Å². The van der Waals surface area contributed by atoms with Crippen LogP contribution < -0.4 is 5.32 Å². The average Bonchev–Trinajstić information content (AvgIpc) is 2.91. The molecule has 1 atom stereocenters. The van der Waals surface area contributed by atoms with Gasteiger partial charge >= 0.3 is 0 Å². The molecule has 0 saturated carbocycles. The molecule has 1 unspecified atom stereocenters. The molecule has 1 heterocycles. The van der Waals surface area contributed by atoms with Crippen LogP contribution in [0.15, 0.2) is 59.0 Å². The molecule has 108 valence electrons. The van der Waals surface area contributed by atoms with Crippen LogP contribution in [0.4, 0.5) is 0 Å². The van der Waals surface area contributed by atoms with Crippen LogP contribution >= 0.6 is 11.6 Å². The molecular formula is C18H18ClNO. The number of hydrogen-bond acceptors (Lipinski definition) is 2. The van der Waals surface area contributed by atoms with Crippen molar-refractivity contribution in [3.05, 3.63) is 70.9 Å². The van der Waals surface area contributed by atoms with E-state index < -0.39 is 0 Å². The molecule has 0 spiro atoms. The number of rotatable bonds is 5. The zero-order valence-electron chi connectivity index (χ0n) is 12.0. The van der Waals surface area contributed by atoms with Gasteiger partial charge < -0.3 is 9.73 Å². The maximum absolute atomic E-state index is 6.13. The topological polar surface area (TPSA) is 25.2 Å². The minimum atomic E-state index is 0.0241.